The van der Waals surface area contributed by atoms with Crippen molar-refractivity contribution in [1.82, 2.24) is 0 Å². The van der Waals surface area contributed by atoms with Crippen LogP contribution in [0.3, 0.4) is 0 Å². The second kappa shape index (κ2) is 2.60. The molecule has 0 bridgehead atoms. The molecule has 2 nitrogen and oxygen atoms in total. The molecular weight excluding hydrogens is 128 g/mol. The average Bonchev–Trinajstić information content (AvgIpc) is 2.34. The molecular formula is C8H8O2. The molecule has 0 unspecified atom stereocenters. The third kappa shape index (κ3) is 1.21. The smallest absolute Gasteiger partial charge is 0.156 e. The Balaban J connectivity index is 2.75. The van der Waals surface area contributed by atoms with E-state index in [4.69, 9.17) is 0 Å². The zero-order chi connectivity index (χ0) is 7.56. The number of aldehydes is 1. The standard InChI is InChI=1S/C8H8O2/c1-6(10)8-3-2-7(4-8)5-9/h2,4-5H,3H2,1H3. The molecule has 0 heterocycles. The molecule has 1 aliphatic rings. The van der Waals surface area contributed by atoms with Gasteiger partial charge in [0.1, 0.15) is 6.29 Å². The van der Waals surface area contributed by atoms with Crippen LogP contribution in [0.4, 0.5) is 0 Å². The van der Waals surface area contributed by atoms with E-state index in [1.165, 1.54) is 6.92 Å². The van der Waals surface area contributed by atoms with Gasteiger partial charge >= 0.3 is 0 Å². The van der Waals surface area contributed by atoms with E-state index in [-0.39, 0.29) is 5.78 Å². The number of carbonyl (C=O) groups excluding carboxylic acids is 2. The lowest BCUT2D eigenvalue weighted by molar-refractivity contribution is -0.113. The van der Waals surface area contributed by atoms with Crippen molar-refractivity contribution in [1.29, 1.82) is 0 Å². The summed E-state index contributed by atoms with van der Waals surface area (Å²) in [5, 5.41) is 0. The predicted octanol–water partition coefficient (Wildman–Crippen LogP) is 1.03. The van der Waals surface area contributed by atoms with Crippen LogP contribution in [0.1, 0.15) is 13.3 Å². The van der Waals surface area contributed by atoms with E-state index in [9.17, 15) is 9.59 Å². The summed E-state index contributed by atoms with van der Waals surface area (Å²) in [5.74, 6) is 0.0492. The van der Waals surface area contributed by atoms with Crippen LogP contribution in [-0.2, 0) is 9.59 Å². The van der Waals surface area contributed by atoms with Gasteiger partial charge in [-0.15, -0.1) is 0 Å². The molecule has 0 fully saturated rings. The molecule has 0 aliphatic heterocycles. The van der Waals surface area contributed by atoms with Gasteiger partial charge in [-0.2, -0.15) is 0 Å². The molecule has 0 radical (unpaired) electrons. The zero-order valence-corrected chi connectivity index (χ0v) is 5.76. The van der Waals surface area contributed by atoms with Crippen molar-refractivity contribution in [2.24, 2.45) is 0 Å². The summed E-state index contributed by atoms with van der Waals surface area (Å²) >= 11 is 0. The van der Waals surface area contributed by atoms with Crippen LogP contribution in [0.25, 0.3) is 0 Å². The first-order valence-corrected chi connectivity index (χ1v) is 3.11. The Morgan fingerprint density at radius 2 is 2.40 bits per heavy atom. The van der Waals surface area contributed by atoms with Gasteiger partial charge in [0.2, 0.25) is 0 Å². The van der Waals surface area contributed by atoms with Crippen LogP contribution in [0.2, 0.25) is 0 Å². The van der Waals surface area contributed by atoms with E-state index >= 15 is 0 Å². The van der Waals surface area contributed by atoms with Crippen molar-refractivity contribution < 1.29 is 9.59 Å². The van der Waals surface area contributed by atoms with E-state index < -0.39 is 0 Å². The van der Waals surface area contributed by atoms with Gasteiger partial charge in [-0.05, 0) is 25.0 Å². The Hall–Kier alpha value is -1.18. The molecule has 0 aromatic carbocycles. The van der Waals surface area contributed by atoms with Crippen molar-refractivity contribution >= 4 is 12.1 Å². The number of ketones is 1. The number of hydrogen-bond donors (Lipinski definition) is 0. The first-order valence-electron chi connectivity index (χ1n) is 3.11. The quantitative estimate of drug-likeness (QED) is 0.531. The first-order chi connectivity index (χ1) is 4.74. The van der Waals surface area contributed by atoms with Gasteiger partial charge in [0.15, 0.2) is 5.78 Å². The highest BCUT2D eigenvalue weighted by atomic mass is 16.1. The first kappa shape index (κ1) is 6.93. The lowest BCUT2D eigenvalue weighted by atomic mass is 10.2. The third-order valence-electron chi connectivity index (χ3n) is 1.49. The third-order valence-corrected chi connectivity index (χ3v) is 1.49. The van der Waals surface area contributed by atoms with Crippen molar-refractivity contribution in [2.75, 3.05) is 0 Å². The molecule has 0 spiro atoms. The topological polar surface area (TPSA) is 34.1 Å². The molecule has 0 N–H and O–H groups in total. The van der Waals surface area contributed by atoms with Crippen molar-refractivity contribution in [3.05, 3.63) is 23.3 Å². The number of carbonyl (C=O) groups is 2. The van der Waals surface area contributed by atoms with Crippen molar-refractivity contribution in [3.63, 3.8) is 0 Å². The minimum absolute atomic E-state index is 0.0492. The Morgan fingerprint density at radius 3 is 2.70 bits per heavy atom. The van der Waals surface area contributed by atoms with Crippen LogP contribution < -0.4 is 0 Å². The van der Waals surface area contributed by atoms with Gasteiger partial charge in [-0.1, -0.05) is 6.08 Å². The lowest BCUT2D eigenvalue weighted by Crippen LogP contribution is -1.91. The minimum Gasteiger partial charge on any atom is -0.298 e. The summed E-state index contributed by atoms with van der Waals surface area (Å²) in [5.41, 5.74) is 1.34. The molecule has 0 saturated heterocycles. The Kier molecular flexibility index (Phi) is 1.81. The van der Waals surface area contributed by atoms with Crippen LogP contribution in [0, 0.1) is 0 Å². The minimum atomic E-state index is 0.0492. The lowest BCUT2D eigenvalue weighted by Gasteiger charge is -1.88. The second-order valence-corrected chi connectivity index (χ2v) is 2.25. The molecule has 1 rings (SSSR count). The van der Waals surface area contributed by atoms with Gasteiger partial charge in [0, 0.05) is 5.57 Å². The molecule has 0 atom stereocenters. The van der Waals surface area contributed by atoms with E-state index in [1.807, 2.05) is 0 Å². The fraction of sp³-hybridized carbons (Fsp3) is 0.250. The van der Waals surface area contributed by atoms with Crippen LogP contribution in [0.15, 0.2) is 23.3 Å². The van der Waals surface area contributed by atoms with Crippen LogP contribution in [-0.4, -0.2) is 12.1 Å². The molecule has 0 aromatic rings. The Morgan fingerprint density at radius 1 is 1.70 bits per heavy atom. The summed E-state index contributed by atoms with van der Waals surface area (Å²) in [6.07, 6.45) is 4.76. The number of hydrogen-bond acceptors (Lipinski definition) is 2. The zero-order valence-electron chi connectivity index (χ0n) is 5.76. The van der Waals surface area contributed by atoms with Gasteiger partial charge < -0.3 is 0 Å². The summed E-state index contributed by atoms with van der Waals surface area (Å²) in [6, 6.07) is 0. The highest BCUT2D eigenvalue weighted by Gasteiger charge is 2.08. The van der Waals surface area contributed by atoms with E-state index in [0.29, 0.717) is 12.0 Å². The molecule has 0 amide bonds. The monoisotopic (exact) mass is 136 g/mol. The largest absolute Gasteiger partial charge is 0.298 e. The maximum atomic E-state index is 10.7. The van der Waals surface area contributed by atoms with Gasteiger partial charge in [-0.3, -0.25) is 9.59 Å². The average molecular weight is 136 g/mol. The van der Waals surface area contributed by atoms with E-state index in [2.05, 4.69) is 0 Å². The molecule has 10 heavy (non-hydrogen) atoms. The Labute approximate surface area is 59.2 Å². The second-order valence-electron chi connectivity index (χ2n) is 2.25. The summed E-state index contributed by atoms with van der Waals surface area (Å²) in [4.78, 5) is 20.8. The highest BCUT2D eigenvalue weighted by Crippen LogP contribution is 2.15. The summed E-state index contributed by atoms with van der Waals surface area (Å²) in [7, 11) is 0. The predicted molar refractivity (Wildman–Crippen MR) is 37.5 cm³/mol. The molecule has 52 valence electrons. The van der Waals surface area contributed by atoms with E-state index in [0.717, 1.165) is 11.9 Å². The van der Waals surface area contributed by atoms with Crippen molar-refractivity contribution in [2.45, 2.75) is 13.3 Å². The molecule has 0 aromatic heterocycles. The maximum absolute atomic E-state index is 10.7. The van der Waals surface area contributed by atoms with Crippen LogP contribution in [0.5, 0.6) is 0 Å². The van der Waals surface area contributed by atoms with Gasteiger partial charge in [0.25, 0.3) is 0 Å². The SMILES string of the molecule is CC(=O)C1=CC(C=O)=CC1. The molecule has 2 heteroatoms. The fourth-order valence-corrected chi connectivity index (χ4v) is 0.874. The maximum Gasteiger partial charge on any atom is 0.156 e. The van der Waals surface area contributed by atoms with Gasteiger partial charge in [0.05, 0.1) is 0 Å². The number of Topliss-reactive ketones (excluding diaryl/α,β-unsaturated/α-hetero) is 1. The number of allylic oxidation sites excluding steroid dienone is 4. The number of rotatable bonds is 2. The van der Waals surface area contributed by atoms with E-state index in [1.54, 1.807) is 12.2 Å². The summed E-state index contributed by atoms with van der Waals surface area (Å²) < 4.78 is 0. The van der Waals surface area contributed by atoms with Crippen LogP contribution >= 0.6 is 0 Å². The molecule has 0 saturated carbocycles. The van der Waals surface area contributed by atoms with Gasteiger partial charge in [-0.25, -0.2) is 0 Å². The summed E-state index contributed by atoms with van der Waals surface area (Å²) in [6.45, 7) is 1.51. The molecule has 1 aliphatic carbocycles. The normalized spacial score (nSPS) is 16.1. The Bertz CT molecular complexity index is 234. The van der Waals surface area contributed by atoms with Crippen molar-refractivity contribution in [3.8, 4) is 0 Å². The fourth-order valence-electron chi connectivity index (χ4n) is 0.874. The highest BCUT2D eigenvalue weighted by molar-refractivity contribution is 5.97.